The highest BCUT2D eigenvalue weighted by Gasteiger charge is 2.32. The van der Waals surface area contributed by atoms with Crippen LogP contribution in [0, 0.1) is 10.1 Å². The fraction of sp³-hybridized carbons (Fsp3) is 0.143. The molecule has 2 aliphatic heterocycles. The number of nitrogens with zero attached hydrogens (tertiary/aromatic N) is 7. The van der Waals surface area contributed by atoms with Crippen molar-refractivity contribution in [3.63, 3.8) is 0 Å². The minimum absolute atomic E-state index is 0.0249. The summed E-state index contributed by atoms with van der Waals surface area (Å²) < 4.78 is 27.4. The number of nitrogens with two attached hydrogens (primary N) is 3. The highest BCUT2D eigenvalue weighted by Crippen LogP contribution is 2.42. The normalized spacial score (nSPS) is 15.5. The molecular formula is C42H36N10O6. The van der Waals surface area contributed by atoms with E-state index in [1.165, 1.54) is 24.8 Å². The van der Waals surface area contributed by atoms with Gasteiger partial charge in [-0.3, -0.25) is 10.1 Å². The third kappa shape index (κ3) is 6.41. The molecule has 2 unspecified atom stereocenters. The largest absolute Gasteiger partial charge is 0.457 e. The van der Waals surface area contributed by atoms with Crippen LogP contribution in [0.3, 0.4) is 0 Å². The Balaban J connectivity index is 0.000000151. The van der Waals surface area contributed by atoms with Crippen LogP contribution in [0.5, 0.6) is 23.0 Å². The lowest BCUT2D eigenvalue weighted by atomic mass is 10.1. The van der Waals surface area contributed by atoms with Gasteiger partial charge in [0.2, 0.25) is 0 Å². The summed E-state index contributed by atoms with van der Waals surface area (Å²) >= 11 is 0. The molecular weight excluding hydrogens is 741 g/mol. The van der Waals surface area contributed by atoms with Gasteiger partial charge in [-0.05, 0) is 80.6 Å². The van der Waals surface area contributed by atoms with Crippen molar-refractivity contribution in [2.45, 2.75) is 39.3 Å². The first kappa shape index (κ1) is 36.1. The molecule has 0 aliphatic carbocycles. The van der Waals surface area contributed by atoms with Crippen LogP contribution in [0.2, 0.25) is 0 Å². The number of non-ortho nitro benzene ring substituents is 1. The first-order valence-electron chi connectivity index (χ1n) is 18.3. The topological polar surface area (TPSA) is 220 Å². The summed E-state index contributed by atoms with van der Waals surface area (Å²) in [6, 6.07) is 28.6. The van der Waals surface area contributed by atoms with Crippen LogP contribution in [0.25, 0.3) is 33.4 Å². The molecule has 4 aromatic heterocycles. The zero-order valence-corrected chi connectivity index (χ0v) is 31.3. The summed E-state index contributed by atoms with van der Waals surface area (Å²) in [5.74, 6) is 3.21. The molecule has 2 atom stereocenters. The third-order valence-corrected chi connectivity index (χ3v) is 10.1. The number of nitrogen functional groups attached to an aromatic ring is 3. The van der Waals surface area contributed by atoms with Gasteiger partial charge in [-0.1, -0.05) is 12.1 Å². The number of aromatic nitrogens is 6. The van der Waals surface area contributed by atoms with Gasteiger partial charge in [0, 0.05) is 40.3 Å². The summed E-state index contributed by atoms with van der Waals surface area (Å²) in [4.78, 5) is 27.7. The Morgan fingerprint density at radius 1 is 0.638 bits per heavy atom. The number of rotatable bonds is 7. The van der Waals surface area contributed by atoms with Gasteiger partial charge in [-0.15, -0.1) is 0 Å². The number of hydrogen-bond acceptors (Lipinski definition) is 13. The summed E-state index contributed by atoms with van der Waals surface area (Å²) in [6.07, 6.45) is 2.85. The van der Waals surface area contributed by atoms with Crippen LogP contribution >= 0.6 is 0 Å². The number of hydrogen-bond donors (Lipinski definition) is 3. The van der Waals surface area contributed by atoms with E-state index >= 15 is 0 Å². The first-order valence-corrected chi connectivity index (χ1v) is 18.3. The zero-order valence-electron chi connectivity index (χ0n) is 31.3. The average Bonchev–Trinajstić information content (AvgIpc) is 3.97. The number of anilines is 3. The van der Waals surface area contributed by atoms with Gasteiger partial charge in [0.25, 0.3) is 5.69 Å². The second kappa shape index (κ2) is 14.5. The highest BCUT2D eigenvalue weighted by molar-refractivity contribution is 5.92. The molecule has 0 spiro atoms. The lowest BCUT2D eigenvalue weighted by Gasteiger charge is -2.12. The van der Waals surface area contributed by atoms with Crippen LogP contribution in [-0.4, -0.2) is 34.0 Å². The van der Waals surface area contributed by atoms with E-state index in [2.05, 4.69) is 24.5 Å². The van der Waals surface area contributed by atoms with Gasteiger partial charge in [-0.2, -0.15) is 0 Å². The summed E-state index contributed by atoms with van der Waals surface area (Å²) in [6.45, 7) is 4.98. The molecule has 0 bridgehead atoms. The number of benzene rings is 4. The fourth-order valence-corrected chi connectivity index (χ4v) is 7.52. The molecule has 8 aromatic rings. The van der Waals surface area contributed by atoms with E-state index in [9.17, 15) is 10.1 Å². The second-order valence-electron chi connectivity index (χ2n) is 13.7. The Morgan fingerprint density at radius 3 is 1.57 bits per heavy atom. The Morgan fingerprint density at radius 2 is 1.10 bits per heavy atom. The van der Waals surface area contributed by atoms with E-state index in [1.807, 2.05) is 73.0 Å². The lowest BCUT2D eigenvalue weighted by molar-refractivity contribution is -0.384. The van der Waals surface area contributed by atoms with E-state index in [1.54, 1.807) is 30.3 Å². The lowest BCUT2D eigenvalue weighted by Crippen LogP contribution is -2.03. The number of nitro benzene ring substituents is 1. The molecule has 16 heteroatoms. The Bertz CT molecular complexity index is 2860. The third-order valence-electron chi connectivity index (χ3n) is 10.1. The van der Waals surface area contributed by atoms with Crippen molar-refractivity contribution in [1.29, 1.82) is 0 Å². The Hall–Kier alpha value is -7.56. The van der Waals surface area contributed by atoms with Gasteiger partial charge in [0.1, 0.15) is 57.7 Å². The van der Waals surface area contributed by atoms with Crippen LogP contribution in [0.4, 0.5) is 23.0 Å². The molecule has 0 radical (unpaired) electrons. The van der Waals surface area contributed by atoms with Crippen molar-refractivity contribution in [3.8, 4) is 34.4 Å². The fourth-order valence-electron chi connectivity index (χ4n) is 7.52. The van der Waals surface area contributed by atoms with Gasteiger partial charge in [0.15, 0.2) is 11.6 Å². The zero-order chi connectivity index (χ0) is 40.1. The molecule has 6 heterocycles. The summed E-state index contributed by atoms with van der Waals surface area (Å²) in [5, 5.41) is 10.9. The van der Waals surface area contributed by atoms with Crippen molar-refractivity contribution >= 4 is 45.1 Å². The maximum atomic E-state index is 10.9. The molecule has 10 rings (SSSR count). The molecule has 0 amide bonds. The van der Waals surface area contributed by atoms with Crippen molar-refractivity contribution < 1.29 is 23.9 Å². The van der Waals surface area contributed by atoms with E-state index < -0.39 is 4.92 Å². The molecule has 290 valence electrons. The molecule has 58 heavy (non-hydrogen) atoms. The molecule has 16 nitrogen and oxygen atoms in total. The molecule has 0 saturated heterocycles. The van der Waals surface area contributed by atoms with E-state index in [-0.39, 0.29) is 17.9 Å². The van der Waals surface area contributed by atoms with Gasteiger partial charge >= 0.3 is 0 Å². The number of nitro groups is 1. The Kier molecular flexibility index (Phi) is 9.03. The van der Waals surface area contributed by atoms with Gasteiger partial charge in [0.05, 0.1) is 47.8 Å². The van der Waals surface area contributed by atoms with Gasteiger partial charge < -0.3 is 45.3 Å². The smallest absolute Gasteiger partial charge is 0.273 e. The van der Waals surface area contributed by atoms with Crippen molar-refractivity contribution in [2.75, 3.05) is 17.2 Å². The number of ether oxygens (including phenoxy) is 4. The first-order chi connectivity index (χ1) is 28.1. The maximum Gasteiger partial charge on any atom is 0.273 e. The molecule has 0 saturated carbocycles. The summed E-state index contributed by atoms with van der Waals surface area (Å²) in [5.41, 5.74) is 28.0. The van der Waals surface area contributed by atoms with Crippen molar-refractivity contribution in [1.82, 2.24) is 29.1 Å². The van der Waals surface area contributed by atoms with Crippen LogP contribution in [0.15, 0.2) is 110 Å². The SMILES string of the molecule is CC1OCc2c1c1ncnc(N)c1n2-c1ccc(Oc2cccc(N)c2)cc1.CC1OCc2c1c1ncnc(N)c1n2-c1ccc(Oc2cccc([N+](=O)[O-])c2)cc1. The number of fused-ring (bicyclic) bond motifs is 6. The molecule has 6 N–H and O–H groups in total. The van der Waals surface area contributed by atoms with E-state index in [0.29, 0.717) is 47.8 Å². The standard InChI is InChI=1S/C21H17N5O4.C21H19N5O2/c1-12-18-17(10-29-12)25(20-19(18)23-11-24-21(20)22)13-5-7-15(8-6-13)30-16-4-2-3-14(9-16)26(27)28;1-12-18-17(10-27-12)26(20-19(18)24-11-25-21(20)23)14-5-7-15(8-6-14)28-16-4-2-3-13(22)9-16/h2-9,11-12H,10H2,1H3,(H2,22,23,24);2-9,11-12H,10,22H2,1H3,(H2,23,24,25). The van der Waals surface area contributed by atoms with Crippen molar-refractivity contribution in [3.05, 3.63) is 142 Å². The van der Waals surface area contributed by atoms with Crippen LogP contribution in [0.1, 0.15) is 48.6 Å². The van der Waals surface area contributed by atoms with E-state index in [4.69, 9.17) is 36.1 Å². The molecule has 0 fully saturated rings. The Labute approximate surface area is 330 Å². The van der Waals surface area contributed by atoms with E-state index in [0.717, 1.165) is 61.7 Å². The van der Waals surface area contributed by atoms with Crippen molar-refractivity contribution in [2.24, 2.45) is 0 Å². The molecule has 4 aromatic carbocycles. The predicted molar refractivity (Wildman–Crippen MR) is 217 cm³/mol. The minimum atomic E-state index is -0.455. The maximum absolute atomic E-state index is 10.9. The monoisotopic (exact) mass is 776 g/mol. The highest BCUT2D eigenvalue weighted by atomic mass is 16.6. The molecule has 2 aliphatic rings. The van der Waals surface area contributed by atoms with Crippen LogP contribution in [-0.2, 0) is 22.7 Å². The van der Waals surface area contributed by atoms with Crippen LogP contribution < -0.4 is 26.7 Å². The summed E-state index contributed by atoms with van der Waals surface area (Å²) in [7, 11) is 0. The quantitative estimate of drug-likeness (QED) is 0.0789. The predicted octanol–water partition coefficient (Wildman–Crippen LogP) is 8.26. The van der Waals surface area contributed by atoms with Gasteiger partial charge in [-0.25, -0.2) is 19.9 Å². The second-order valence-corrected chi connectivity index (χ2v) is 13.7. The minimum Gasteiger partial charge on any atom is -0.457 e. The average molecular weight is 777 g/mol.